The third-order valence-electron chi connectivity index (χ3n) is 4.92. The molecule has 2 heterocycles. The van der Waals surface area contributed by atoms with E-state index in [9.17, 15) is 9.59 Å². The molecule has 4 rings (SSSR count). The number of amides is 2. The normalized spacial score (nSPS) is 15.9. The summed E-state index contributed by atoms with van der Waals surface area (Å²) in [6, 6.07) is 14.5. The van der Waals surface area contributed by atoms with Gasteiger partial charge >= 0.3 is 0 Å². The van der Waals surface area contributed by atoms with Gasteiger partial charge in [0, 0.05) is 29.3 Å². The Hall–Kier alpha value is -3.32. The number of hydrogen-bond donors (Lipinski definition) is 3. The zero-order chi connectivity index (χ0) is 20.1. The number of rotatable bonds is 6. The van der Waals surface area contributed by atoms with Gasteiger partial charge in [-0.05, 0) is 48.7 Å². The van der Waals surface area contributed by atoms with Crippen LogP contribution in [0, 0.1) is 0 Å². The number of H-pyrrole nitrogens is 1. The maximum Gasteiger partial charge on any atom is 0.269 e. The molecule has 3 N–H and O–H groups in total. The fraction of sp³-hybridized carbons (Fsp3) is 0.273. The second-order valence-corrected chi connectivity index (χ2v) is 7.01. The van der Waals surface area contributed by atoms with Gasteiger partial charge in [0.15, 0.2) is 0 Å². The number of nitrogens with one attached hydrogen (secondary N) is 3. The summed E-state index contributed by atoms with van der Waals surface area (Å²) in [7, 11) is 0. The number of fused-ring (bicyclic) bond motifs is 1. The van der Waals surface area contributed by atoms with Crippen LogP contribution in [0.25, 0.3) is 10.9 Å². The SMILES string of the molecule is O=C(Cc1c[nH]c2ccccc12)NNC(=O)c1ccc(OCC2CCCO2)cc1. The maximum absolute atomic E-state index is 12.2. The van der Waals surface area contributed by atoms with Crippen molar-refractivity contribution in [3.05, 3.63) is 65.9 Å². The second kappa shape index (κ2) is 8.79. The molecule has 0 radical (unpaired) electrons. The van der Waals surface area contributed by atoms with Crippen LogP contribution in [0.5, 0.6) is 5.75 Å². The Morgan fingerprint density at radius 1 is 1.10 bits per heavy atom. The topological polar surface area (TPSA) is 92.5 Å². The highest BCUT2D eigenvalue weighted by atomic mass is 16.5. The van der Waals surface area contributed by atoms with E-state index in [4.69, 9.17) is 9.47 Å². The van der Waals surface area contributed by atoms with Crippen molar-refractivity contribution >= 4 is 22.7 Å². The maximum atomic E-state index is 12.2. The smallest absolute Gasteiger partial charge is 0.269 e. The molecule has 2 amide bonds. The van der Waals surface area contributed by atoms with Crippen LogP contribution in [0.4, 0.5) is 0 Å². The van der Waals surface area contributed by atoms with E-state index in [-0.39, 0.29) is 24.3 Å². The standard InChI is InChI=1S/C22H23N3O4/c26-21(12-16-13-23-20-6-2-1-5-19(16)20)24-25-22(27)15-7-9-17(10-8-15)29-14-18-4-3-11-28-18/h1-2,5-10,13,18,23H,3-4,11-12,14H2,(H,24,26)(H,25,27). The fourth-order valence-electron chi connectivity index (χ4n) is 3.36. The monoisotopic (exact) mass is 393 g/mol. The van der Waals surface area contributed by atoms with Crippen molar-refractivity contribution in [3.63, 3.8) is 0 Å². The van der Waals surface area contributed by atoms with Crippen molar-refractivity contribution in [2.24, 2.45) is 0 Å². The Morgan fingerprint density at radius 2 is 1.93 bits per heavy atom. The lowest BCUT2D eigenvalue weighted by Gasteiger charge is -2.12. The summed E-state index contributed by atoms with van der Waals surface area (Å²) >= 11 is 0. The molecule has 1 aliphatic rings. The summed E-state index contributed by atoms with van der Waals surface area (Å²) in [6.45, 7) is 1.30. The molecular weight excluding hydrogens is 370 g/mol. The molecule has 1 aliphatic heterocycles. The molecule has 7 heteroatoms. The van der Waals surface area contributed by atoms with E-state index >= 15 is 0 Å². The van der Waals surface area contributed by atoms with Crippen LogP contribution in [0.2, 0.25) is 0 Å². The van der Waals surface area contributed by atoms with Gasteiger partial charge in [0.05, 0.1) is 12.5 Å². The van der Waals surface area contributed by atoms with Gasteiger partial charge in [0.25, 0.3) is 5.91 Å². The number of hydrogen-bond acceptors (Lipinski definition) is 4. The van der Waals surface area contributed by atoms with Gasteiger partial charge in [0.2, 0.25) is 5.91 Å². The van der Waals surface area contributed by atoms with Gasteiger partial charge in [-0.2, -0.15) is 0 Å². The molecule has 1 atom stereocenters. The highest BCUT2D eigenvalue weighted by molar-refractivity contribution is 5.96. The lowest BCUT2D eigenvalue weighted by atomic mass is 10.1. The number of para-hydroxylation sites is 1. The van der Waals surface area contributed by atoms with Gasteiger partial charge in [-0.15, -0.1) is 0 Å². The molecular formula is C22H23N3O4. The van der Waals surface area contributed by atoms with E-state index in [1.807, 2.05) is 24.3 Å². The highest BCUT2D eigenvalue weighted by Gasteiger charge is 2.16. The number of carbonyl (C=O) groups is 2. The first-order valence-electron chi connectivity index (χ1n) is 9.68. The van der Waals surface area contributed by atoms with Crippen LogP contribution in [0.3, 0.4) is 0 Å². The second-order valence-electron chi connectivity index (χ2n) is 7.01. The zero-order valence-corrected chi connectivity index (χ0v) is 15.9. The Labute approximate surface area is 168 Å². The van der Waals surface area contributed by atoms with Gasteiger partial charge in [0.1, 0.15) is 12.4 Å². The first-order chi connectivity index (χ1) is 14.2. The zero-order valence-electron chi connectivity index (χ0n) is 15.9. The highest BCUT2D eigenvalue weighted by Crippen LogP contribution is 2.18. The lowest BCUT2D eigenvalue weighted by molar-refractivity contribution is -0.121. The molecule has 0 spiro atoms. The average molecular weight is 393 g/mol. The van der Waals surface area contributed by atoms with Crippen molar-refractivity contribution in [1.29, 1.82) is 0 Å². The molecule has 7 nitrogen and oxygen atoms in total. The summed E-state index contributed by atoms with van der Waals surface area (Å²) in [4.78, 5) is 27.6. The largest absolute Gasteiger partial charge is 0.491 e. The van der Waals surface area contributed by atoms with Gasteiger partial charge in [-0.3, -0.25) is 20.4 Å². The third kappa shape index (κ3) is 4.75. The summed E-state index contributed by atoms with van der Waals surface area (Å²) in [6.07, 6.45) is 4.20. The van der Waals surface area contributed by atoms with E-state index in [2.05, 4.69) is 15.8 Å². The molecule has 1 unspecified atom stereocenters. The molecule has 0 saturated carbocycles. The molecule has 150 valence electrons. The van der Waals surface area contributed by atoms with Gasteiger partial charge < -0.3 is 14.5 Å². The number of carbonyl (C=O) groups excluding carboxylic acids is 2. The minimum absolute atomic E-state index is 0.144. The Morgan fingerprint density at radius 3 is 2.72 bits per heavy atom. The first kappa shape index (κ1) is 19.0. The van der Waals surface area contributed by atoms with E-state index < -0.39 is 0 Å². The van der Waals surface area contributed by atoms with Gasteiger partial charge in [-0.25, -0.2) is 0 Å². The van der Waals surface area contributed by atoms with E-state index in [0.29, 0.717) is 17.9 Å². The Kier molecular flexibility index (Phi) is 5.76. The number of aromatic nitrogens is 1. The van der Waals surface area contributed by atoms with E-state index in [0.717, 1.165) is 35.9 Å². The van der Waals surface area contributed by atoms with Crippen molar-refractivity contribution in [2.45, 2.75) is 25.4 Å². The quantitative estimate of drug-likeness (QED) is 0.562. The van der Waals surface area contributed by atoms with Crippen LogP contribution in [-0.4, -0.2) is 36.1 Å². The summed E-state index contributed by atoms with van der Waals surface area (Å²) < 4.78 is 11.2. The third-order valence-corrected chi connectivity index (χ3v) is 4.92. The van der Waals surface area contributed by atoms with E-state index in [1.54, 1.807) is 30.5 Å². The molecule has 0 bridgehead atoms. The molecule has 1 fully saturated rings. The predicted octanol–water partition coefficient (Wildman–Crippen LogP) is 2.73. The minimum atomic E-state index is -0.386. The predicted molar refractivity (Wildman–Crippen MR) is 109 cm³/mol. The van der Waals surface area contributed by atoms with E-state index in [1.165, 1.54) is 0 Å². The van der Waals surface area contributed by atoms with Crippen LogP contribution in [0.1, 0.15) is 28.8 Å². The summed E-state index contributed by atoms with van der Waals surface area (Å²) in [5.41, 5.74) is 7.19. The van der Waals surface area contributed by atoms with Crippen molar-refractivity contribution < 1.29 is 19.1 Å². The Bertz CT molecular complexity index is 991. The lowest BCUT2D eigenvalue weighted by Crippen LogP contribution is -2.42. The van der Waals surface area contributed by atoms with Crippen molar-refractivity contribution in [1.82, 2.24) is 15.8 Å². The minimum Gasteiger partial charge on any atom is -0.491 e. The van der Waals surface area contributed by atoms with Crippen LogP contribution in [0.15, 0.2) is 54.7 Å². The summed E-state index contributed by atoms with van der Waals surface area (Å²) in [5, 5.41) is 0.993. The van der Waals surface area contributed by atoms with Crippen molar-refractivity contribution in [2.75, 3.05) is 13.2 Å². The molecule has 29 heavy (non-hydrogen) atoms. The van der Waals surface area contributed by atoms with Crippen LogP contribution in [-0.2, 0) is 16.0 Å². The molecule has 1 saturated heterocycles. The molecule has 3 aromatic rings. The average Bonchev–Trinajstić information content (AvgIpc) is 3.41. The summed E-state index contributed by atoms with van der Waals surface area (Å²) in [5.74, 6) is 0.00277. The number of aromatic amines is 1. The van der Waals surface area contributed by atoms with Crippen LogP contribution < -0.4 is 15.6 Å². The van der Waals surface area contributed by atoms with Gasteiger partial charge in [-0.1, -0.05) is 18.2 Å². The fourth-order valence-corrected chi connectivity index (χ4v) is 3.36. The molecule has 1 aromatic heterocycles. The molecule has 2 aromatic carbocycles. The molecule has 0 aliphatic carbocycles. The number of benzene rings is 2. The van der Waals surface area contributed by atoms with Crippen LogP contribution >= 0.6 is 0 Å². The Balaban J connectivity index is 1.26. The number of ether oxygens (including phenoxy) is 2. The number of hydrazine groups is 1. The van der Waals surface area contributed by atoms with Crippen molar-refractivity contribution in [3.8, 4) is 5.75 Å². The first-order valence-corrected chi connectivity index (χ1v) is 9.68.